The first-order valence-corrected chi connectivity index (χ1v) is 9.35. The summed E-state index contributed by atoms with van der Waals surface area (Å²) >= 11 is 1.58. The Hall–Kier alpha value is -2.85. The Labute approximate surface area is 157 Å². The zero-order chi connectivity index (χ0) is 17.8. The van der Waals surface area contributed by atoms with E-state index in [2.05, 4.69) is 65.7 Å². The van der Waals surface area contributed by atoms with Gasteiger partial charge < -0.3 is 4.42 Å². The van der Waals surface area contributed by atoms with Crippen LogP contribution in [-0.4, -0.2) is 10.2 Å². The molecule has 0 aliphatic carbocycles. The van der Waals surface area contributed by atoms with Gasteiger partial charge in [0, 0.05) is 5.56 Å². The van der Waals surface area contributed by atoms with E-state index in [0.29, 0.717) is 11.1 Å². The minimum absolute atomic E-state index is 0.0986. The first kappa shape index (κ1) is 16.6. The average molecular weight is 358 g/mol. The van der Waals surface area contributed by atoms with E-state index in [9.17, 15) is 0 Å². The van der Waals surface area contributed by atoms with E-state index >= 15 is 0 Å². The second kappa shape index (κ2) is 7.58. The third-order valence-electron chi connectivity index (χ3n) is 4.22. The van der Waals surface area contributed by atoms with Gasteiger partial charge in [0.1, 0.15) is 0 Å². The number of hydrogen-bond acceptors (Lipinski definition) is 4. The van der Waals surface area contributed by atoms with Crippen molar-refractivity contribution in [1.29, 1.82) is 0 Å². The van der Waals surface area contributed by atoms with Crippen LogP contribution in [0, 0.1) is 6.92 Å². The van der Waals surface area contributed by atoms with Crippen molar-refractivity contribution < 1.29 is 4.42 Å². The number of rotatable bonds is 5. The second-order valence-corrected chi connectivity index (χ2v) is 7.06. The number of aryl methyl sites for hydroxylation is 1. The molecule has 0 fully saturated rings. The molecule has 0 N–H and O–H groups in total. The topological polar surface area (TPSA) is 38.9 Å². The van der Waals surface area contributed by atoms with Crippen LogP contribution in [0.2, 0.25) is 0 Å². The number of nitrogens with zero attached hydrogens (tertiary/aromatic N) is 2. The highest BCUT2D eigenvalue weighted by molar-refractivity contribution is 7.99. The van der Waals surface area contributed by atoms with Gasteiger partial charge in [0.25, 0.3) is 5.22 Å². The summed E-state index contributed by atoms with van der Waals surface area (Å²) in [5, 5.41) is 9.14. The van der Waals surface area contributed by atoms with Crippen molar-refractivity contribution >= 4 is 11.8 Å². The van der Waals surface area contributed by atoms with Crippen LogP contribution in [0.15, 0.2) is 94.6 Å². The standard InChI is InChI=1S/C22H18N2OS/c1-16-10-8-9-15-19(16)20(17-11-4-2-5-12-17)26-22-24-23-21(25-22)18-13-6-3-7-14-18/h2-15,20H,1H3. The van der Waals surface area contributed by atoms with E-state index in [0.717, 1.165) is 5.56 Å². The summed E-state index contributed by atoms with van der Waals surface area (Å²) in [7, 11) is 0. The summed E-state index contributed by atoms with van der Waals surface area (Å²) < 4.78 is 5.92. The number of thioether (sulfide) groups is 1. The van der Waals surface area contributed by atoms with Gasteiger partial charge in [0.05, 0.1) is 5.25 Å². The molecule has 0 saturated carbocycles. The van der Waals surface area contributed by atoms with Gasteiger partial charge in [-0.25, -0.2) is 0 Å². The molecule has 26 heavy (non-hydrogen) atoms. The molecule has 4 aromatic rings. The lowest BCUT2D eigenvalue weighted by atomic mass is 10.0. The molecule has 0 aliphatic rings. The highest BCUT2D eigenvalue weighted by Crippen LogP contribution is 2.41. The van der Waals surface area contributed by atoms with Gasteiger partial charge in [0.15, 0.2) is 0 Å². The third-order valence-corrected chi connectivity index (χ3v) is 5.35. The fraction of sp³-hybridized carbons (Fsp3) is 0.0909. The Bertz CT molecular complexity index is 983. The van der Waals surface area contributed by atoms with E-state index in [4.69, 9.17) is 4.42 Å². The van der Waals surface area contributed by atoms with Crippen LogP contribution in [0.3, 0.4) is 0 Å². The maximum absolute atomic E-state index is 5.92. The molecule has 128 valence electrons. The molecule has 0 saturated heterocycles. The van der Waals surface area contributed by atoms with E-state index in [-0.39, 0.29) is 5.25 Å². The normalized spacial score (nSPS) is 12.0. The lowest BCUT2D eigenvalue weighted by Crippen LogP contribution is -1.99. The predicted molar refractivity (Wildman–Crippen MR) is 105 cm³/mol. The summed E-state index contributed by atoms with van der Waals surface area (Å²) in [6.07, 6.45) is 0. The fourth-order valence-corrected chi connectivity index (χ4v) is 3.98. The summed E-state index contributed by atoms with van der Waals surface area (Å²) in [5.74, 6) is 0.546. The van der Waals surface area contributed by atoms with Crippen molar-refractivity contribution in [3.8, 4) is 11.5 Å². The molecule has 3 nitrogen and oxygen atoms in total. The summed E-state index contributed by atoms with van der Waals surface area (Å²) in [4.78, 5) is 0. The molecule has 1 atom stereocenters. The van der Waals surface area contributed by atoms with E-state index in [1.165, 1.54) is 16.7 Å². The molecule has 1 aromatic heterocycles. The van der Waals surface area contributed by atoms with Crippen LogP contribution < -0.4 is 0 Å². The van der Waals surface area contributed by atoms with Crippen LogP contribution in [-0.2, 0) is 0 Å². The van der Waals surface area contributed by atoms with Gasteiger partial charge in [-0.3, -0.25) is 0 Å². The van der Waals surface area contributed by atoms with Crippen molar-refractivity contribution in [2.24, 2.45) is 0 Å². The van der Waals surface area contributed by atoms with Gasteiger partial charge in [-0.2, -0.15) is 0 Å². The lowest BCUT2D eigenvalue weighted by molar-refractivity contribution is 0.465. The second-order valence-electron chi connectivity index (χ2n) is 6.00. The number of aromatic nitrogens is 2. The third kappa shape index (κ3) is 3.55. The summed E-state index contributed by atoms with van der Waals surface area (Å²) in [6.45, 7) is 2.13. The van der Waals surface area contributed by atoms with Crippen molar-refractivity contribution in [1.82, 2.24) is 10.2 Å². The van der Waals surface area contributed by atoms with Crippen molar-refractivity contribution in [3.63, 3.8) is 0 Å². The average Bonchev–Trinajstić information content (AvgIpc) is 3.17. The Morgan fingerprint density at radius 1 is 0.769 bits per heavy atom. The van der Waals surface area contributed by atoms with Crippen LogP contribution in [0.5, 0.6) is 0 Å². The molecule has 0 radical (unpaired) electrons. The maximum atomic E-state index is 5.92. The quantitative estimate of drug-likeness (QED) is 0.415. The molecule has 0 amide bonds. The number of benzene rings is 3. The lowest BCUT2D eigenvalue weighted by Gasteiger charge is -2.17. The predicted octanol–water partition coefficient (Wildman–Crippen LogP) is 5.93. The van der Waals surface area contributed by atoms with Gasteiger partial charge in [-0.1, -0.05) is 84.6 Å². The van der Waals surface area contributed by atoms with Crippen molar-refractivity contribution in [2.75, 3.05) is 0 Å². The van der Waals surface area contributed by atoms with Gasteiger partial charge in [-0.15, -0.1) is 10.2 Å². The Morgan fingerprint density at radius 2 is 1.42 bits per heavy atom. The van der Waals surface area contributed by atoms with Crippen molar-refractivity contribution in [3.05, 3.63) is 102 Å². The minimum atomic E-state index is 0.0986. The van der Waals surface area contributed by atoms with E-state index in [1.807, 2.05) is 36.4 Å². The fourth-order valence-electron chi connectivity index (χ4n) is 2.88. The van der Waals surface area contributed by atoms with Gasteiger partial charge >= 0.3 is 0 Å². The molecule has 4 rings (SSSR count). The van der Waals surface area contributed by atoms with Crippen LogP contribution in [0.4, 0.5) is 0 Å². The Morgan fingerprint density at radius 3 is 2.15 bits per heavy atom. The molecule has 4 heteroatoms. The van der Waals surface area contributed by atoms with Crippen LogP contribution in [0.25, 0.3) is 11.5 Å². The molecule has 1 unspecified atom stereocenters. The first-order chi connectivity index (χ1) is 12.8. The molecular formula is C22H18N2OS. The smallest absolute Gasteiger partial charge is 0.277 e. The molecular weight excluding hydrogens is 340 g/mol. The largest absolute Gasteiger partial charge is 0.411 e. The summed E-state index contributed by atoms with van der Waals surface area (Å²) in [5.41, 5.74) is 4.64. The number of hydrogen-bond donors (Lipinski definition) is 0. The first-order valence-electron chi connectivity index (χ1n) is 8.47. The Balaban J connectivity index is 1.68. The SMILES string of the molecule is Cc1ccccc1C(Sc1nnc(-c2ccccc2)o1)c1ccccc1. The minimum Gasteiger partial charge on any atom is -0.411 e. The molecule has 0 aliphatic heterocycles. The van der Waals surface area contributed by atoms with E-state index in [1.54, 1.807) is 11.8 Å². The highest BCUT2D eigenvalue weighted by atomic mass is 32.2. The van der Waals surface area contributed by atoms with Gasteiger partial charge in [0.2, 0.25) is 5.89 Å². The summed E-state index contributed by atoms with van der Waals surface area (Å²) in [6, 6.07) is 28.7. The van der Waals surface area contributed by atoms with E-state index < -0.39 is 0 Å². The Kier molecular flexibility index (Phi) is 4.84. The molecule has 0 spiro atoms. The zero-order valence-corrected chi connectivity index (χ0v) is 15.2. The molecule has 3 aromatic carbocycles. The molecule has 0 bridgehead atoms. The molecule has 1 heterocycles. The van der Waals surface area contributed by atoms with Crippen molar-refractivity contribution in [2.45, 2.75) is 17.4 Å². The van der Waals surface area contributed by atoms with Gasteiger partial charge in [-0.05, 0) is 35.7 Å². The maximum Gasteiger partial charge on any atom is 0.277 e. The van der Waals surface area contributed by atoms with Crippen LogP contribution >= 0.6 is 11.8 Å². The zero-order valence-electron chi connectivity index (χ0n) is 14.4. The monoisotopic (exact) mass is 358 g/mol. The highest BCUT2D eigenvalue weighted by Gasteiger charge is 2.21. The van der Waals surface area contributed by atoms with Crippen LogP contribution in [0.1, 0.15) is 21.9 Å².